The number of nitrogens with zero attached hydrogens (tertiary/aromatic N) is 3. The van der Waals surface area contributed by atoms with Gasteiger partial charge in [0.15, 0.2) is 11.5 Å². The molecule has 0 aromatic heterocycles. The molecule has 0 atom stereocenters. The standard InChI is InChI=1S/C47H62N4O4/c1-3-4-5-6-15-30-51(31-28-40-21-16-25-44(53-2)46(40)55-37-38-18-9-7-10-19-38)47(52)48-45-42-24-14-13-20-39(42)26-27-43(45)54-36-17-29-49-32-34-50(35-33-49)41-22-11-8-12-23-41/h7-12,16,18-19,21-23,25-27H,3-6,13-15,17,20,24,28-37H2,1-2H3,(H,48,52). The van der Waals surface area contributed by atoms with E-state index >= 15 is 0 Å². The van der Waals surface area contributed by atoms with Gasteiger partial charge in [0.25, 0.3) is 0 Å². The van der Waals surface area contributed by atoms with Crippen LogP contribution in [0.1, 0.15) is 80.5 Å². The molecule has 0 unspecified atom stereocenters. The summed E-state index contributed by atoms with van der Waals surface area (Å²) in [6, 6.07) is 31.2. The highest BCUT2D eigenvalue weighted by atomic mass is 16.5. The minimum Gasteiger partial charge on any atom is -0.493 e. The van der Waals surface area contributed by atoms with Crippen LogP contribution in [0.15, 0.2) is 91.0 Å². The molecule has 294 valence electrons. The average molecular weight is 747 g/mol. The van der Waals surface area contributed by atoms with Crippen LogP contribution in [-0.2, 0) is 25.9 Å². The first kappa shape index (κ1) is 40.0. The molecule has 0 saturated carbocycles. The van der Waals surface area contributed by atoms with Gasteiger partial charge in [-0.2, -0.15) is 0 Å². The molecule has 8 heteroatoms. The Balaban J connectivity index is 1.11. The second kappa shape index (κ2) is 21.4. The fraction of sp³-hybridized carbons (Fsp3) is 0.468. The van der Waals surface area contributed by atoms with Crippen LogP contribution in [0.3, 0.4) is 0 Å². The average Bonchev–Trinajstić information content (AvgIpc) is 3.24. The molecular weight excluding hydrogens is 685 g/mol. The quantitative estimate of drug-likeness (QED) is 0.0909. The number of rotatable bonds is 20. The highest BCUT2D eigenvalue weighted by Gasteiger charge is 2.23. The van der Waals surface area contributed by atoms with Crippen molar-refractivity contribution in [3.63, 3.8) is 0 Å². The molecule has 0 spiro atoms. The fourth-order valence-corrected chi connectivity index (χ4v) is 7.88. The molecule has 1 aliphatic heterocycles. The van der Waals surface area contributed by atoms with Crippen LogP contribution in [0.25, 0.3) is 0 Å². The summed E-state index contributed by atoms with van der Waals surface area (Å²) in [5.41, 5.74) is 6.86. The number of anilines is 2. The Kier molecular flexibility index (Phi) is 15.6. The lowest BCUT2D eigenvalue weighted by atomic mass is 9.90. The van der Waals surface area contributed by atoms with Crippen LogP contribution in [0.2, 0.25) is 0 Å². The summed E-state index contributed by atoms with van der Waals surface area (Å²) in [4.78, 5) is 21.4. The molecule has 2 aliphatic rings. The molecule has 1 saturated heterocycles. The van der Waals surface area contributed by atoms with E-state index in [9.17, 15) is 4.79 Å². The fourth-order valence-electron chi connectivity index (χ4n) is 7.88. The highest BCUT2D eigenvalue weighted by molar-refractivity contribution is 5.92. The summed E-state index contributed by atoms with van der Waals surface area (Å²) in [7, 11) is 1.68. The predicted octanol–water partition coefficient (Wildman–Crippen LogP) is 9.79. The number of piperazine rings is 1. The van der Waals surface area contributed by atoms with E-state index in [-0.39, 0.29) is 6.03 Å². The number of fused-ring (bicyclic) bond motifs is 1. The van der Waals surface area contributed by atoms with Crippen molar-refractivity contribution in [3.8, 4) is 17.2 Å². The lowest BCUT2D eigenvalue weighted by Crippen LogP contribution is -2.46. The number of carbonyl (C=O) groups is 1. The van der Waals surface area contributed by atoms with Crippen LogP contribution >= 0.6 is 0 Å². The lowest BCUT2D eigenvalue weighted by Gasteiger charge is -2.36. The zero-order chi connectivity index (χ0) is 38.1. The van der Waals surface area contributed by atoms with Crippen LogP contribution in [-0.4, -0.2) is 75.4 Å². The Labute approximate surface area is 329 Å². The van der Waals surface area contributed by atoms with Gasteiger partial charge in [-0.25, -0.2) is 4.79 Å². The molecular formula is C47H62N4O4. The second-order valence-electron chi connectivity index (χ2n) is 15.0. The summed E-state index contributed by atoms with van der Waals surface area (Å²) in [6.45, 7) is 9.76. The van der Waals surface area contributed by atoms with Gasteiger partial charge < -0.3 is 29.3 Å². The van der Waals surface area contributed by atoms with E-state index in [0.717, 1.165) is 99.6 Å². The van der Waals surface area contributed by atoms with Gasteiger partial charge in [0.2, 0.25) is 0 Å². The van der Waals surface area contributed by atoms with Gasteiger partial charge in [0, 0.05) is 51.5 Å². The largest absolute Gasteiger partial charge is 0.493 e. The number of hydrogen-bond acceptors (Lipinski definition) is 6. The zero-order valence-corrected chi connectivity index (χ0v) is 33.3. The Hall–Kier alpha value is -4.69. The van der Waals surface area contributed by atoms with Gasteiger partial charge in [-0.3, -0.25) is 4.90 Å². The minimum absolute atomic E-state index is 0.0646. The van der Waals surface area contributed by atoms with E-state index < -0.39 is 0 Å². The number of unbranched alkanes of at least 4 members (excludes halogenated alkanes) is 4. The Morgan fingerprint density at radius 1 is 0.745 bits per heavy atom. The first-order chi connectivity index (χ1) is 27.1. The third kappa shape index (κ3) is 11.7. The summed E-state index contributed by atoms with van der Waals surface area (Å²) < 4.78 is 18.6. The Morgan fingerprint density at radius 2 is 1.51 bits per heavy atom. The molecule has 1 aliphatic carbocycles. The van der Waals surface area contributed by atoms with Crippen molar-refractivity contribution in [1.29, 1.82) is 0 Å². The number of ether oxygens (including phenoxy) is 3. The summed E-state index contributed by atoms with van der Waals surface area (Å²) in [5, 5.41) is 3.41. The number of aryl methyl sites for hydroxylation is 1. The van der Waals surface area contributed by atoms with E-state index in [0.29, 0.717) is 38.5 Å². The highest BCUT2D eigenvalue weighted by Crippen LogP contribution is 2.37. The molecule has 8 nitrogen and oxygen atoms in total. The van der Waals surface area contributed by atoms with Gasteiger partial charge >= 0.3 is 6.03 Å². The summed E-state index contributed by atoms with van der Waals surface area (Å²) >= 11 is 0. The lowest BCUT2D eigenvalue weighted by molar-refractivity contribution is 0.209. The third-order valence-corrected chi connectivity index (χ3v) is 11.1. The van der Waals surface area contributed by atoms with Gasteiger partial charge in [-0.1, -0.05) is 99.3 Å². The molecule has 1 N–H and O–H groups in total. The van der Waals surface area contributed by atoms with Crippen molar-refractivity contribution in [2.45, 2.75) is 84.2 Å². The normalized spacial score (nSPS) is 14.3. The van der Waals surface area contributed by atoms with E-state index in [1.807, 2.05) is 35.2 Å². The van der Waals surface area contributed by atoms with Crippen molar-refractivity contribution >= 4 is 17.4 Å². The van der Waals surface area contributed by atoms with Gasteiger partial charge in [-0.15, -0.1) is 0 Å². The van der Waals surface area contributed by atoms with Crippen LogP contribution < -0.4 is 24.4 Å². The number of hydrogen-bond donors (Lipinski definition) is 1. The first-order valence-corrected chi connectivity index (χ1v) is 20.8. The molecule has 0 bridgehead atoms. The molecule has 4 aromatic carbocycles. The summed E-state index contributed by atoms with van der Waals surface area (Å²) in [5.74, 6) is 2.23. The van der Waals surface area contributed by atoms with Gasteiger partial charge in [0.05, 0.1) is 19.4 Å². The number of benzene rings is 4. The number of urea groups is 1. The van der Waals surface area contributed by atoms with E-state index in [1.54, 1.807) is 7.11 Å². The van der Waals surface area contributed by atoms with Gasteiger partial charge in [0.1, 0.15) is 12.4 Å². The summed E-state index contributed by atoms with van der Waals surface area (Å²) in [6.07, 6.45) is 11.6. The van der Waals surface area contributed by atoms with Crippen molar-refractivity contribution < 1.29 is 19.0 Å². The van der Waals surface area contributed by atoms with Crippen molar-refractivity contribution in [3.05, 3.63) is 113 Å². The first-order valence-electron chi connectivity index (χ1n) is 20.8. The topological polar surface area (TPSA) is 66.5 Å². The monoisotopic (exact) mass is 746 g/mol. The maximum Gasteiger partial charge on any atom is 0.321 e. The number of amides is 2. The third-order valence-electron chi connectivity index (χ3n) is 11.1. The molecule has 6 rings (SSSR count). The molecule has 55 heavy (non-hydrogen) atoms. The predicted molar refractivity (Wildman–Crippen MR) is 225 cm³/mol. The van der Waals surface area contributed by atoms with E-state index in [4.69, 9.17) is 14.2 Å². The molecule has 0 radical (unpaired) electrons. The van der Waals surface area contributed by atoms with Crippen molar-refractivity contribution in [2.75, 3.05) is 69.7 Å². The minimum atomic E-state index is -0.0646. The van der Waals surface area contributed by atoms with Gasteiger partial charge in [-0.05, 0) is 91.5 Å². The Morgan fingerprint density at radius 3 is 2.29 bits per heavy atom. The smallest absolute Gasteiger partial charge is 0.321 e. The number of nitrogens with one attached hydrogen (secondary N) is 1. The van der Waals surface area contributed by atoms with Crippen molar-refractivity contribution in [2.24, 2.45) is 0 Å². The second-order valence-corrected chi connectivity index (χ2v) is 15.0. The SMILES string of the molecule is CCCCCCCN(CCc1cccc(OC)c1OCc1ccccc1)C(=O)Nc1c(OCCCN2CCN(c3ccccc3)CC2)ccc2c1CCCC2. The van der Waals surface area contributed by atoms with E-state index in [1.165, 1.54) is 42.5 Å². The Bertz CT molecular complexity index is 1740. The van der Waals surface area contributed by atoms with Crippen LogP contribution in [0, 0.1) is 0 Å². The number of methoxy groups -OCH3 is 1. The number of para-hydroxylation sites is 2. The number of carbonyl (C=O) groups excluding carboxylic acids is 1. The van der Waals surface area contributed by atoms with Crippen LogP contribution in [0.4, 0.5) is 16.2 Å². The van der Waals surface area contributed by atoms with E-state index in [2.05, 4.69) is 82.7 Å². The maximum absolute atomic E-state index is 14.4. The zero-order valence-electron chi connectivity index (χ0n) is 33.3. The molecule has 1 heterocycles. The molecule has 4 aromatic rings. The molecule has 1 fully saturated rings. The maximum atomic E-state index is 14.4. The van der Waals surface area contributed by atoms with Crippen LogP contribution in [0.5, 0.6) is 17.2 Å². The van der Waals surface area contributed by atoms with Crippen molar-refractivity contribution in [1.82, 2.24) is 9.80 Å². The molecule has 2 amide bonds.